The normalized spacial score (nSPS) is 21.2. The second kappa shape index (κ2) is 5.13. The van der Waals surface area contributed by atoms with E-state index in [9.17, 15) is 0 Å². The summed E-state index contributed by atoms with van der Waals surface area (Å²) in [6.07, 6.45) is 5.27. The van der Waals surface area contributed by atoms with Crippen LogP contribution in [0.4, 0.5) is 0 Å². The van der Waals surface area contributed by atoms with Crippen molar-refractivity contribution in [2.45, 2.75) is 52.5 Å². The highest BCUT2D eigenvalue weighted by Crippen LogP contribution is 2.31. The fraction of sp³-hybridized carbons (Fsp3) is 1.00. The third-order valence-electron chi connectivity index (χ3n) is 3.51. The lowest BCUT2D eigenvalue weighted by atomic mass is 9.87. The van der Waals surface area contributed by atoms with Crippen LogP contribution in [0.15, 0.2) is 0 Å². The summed E-state index contributed by atoms with van der Waals surface area (Å²) in [7, 11) is 0. The molecule has 1 aliphatic carbocycles. The van der Waals surface area contributed by atoms with E-state index in [0.717, 1.165) is 12.6 Å². The van der Waals surface area contributed by atoms with Crippen molar-refractivity contribution in [3.05, 3.63) is 0 Å². The van der Waals surface area contributed by atoms with E-state index in [0.29, 0.717) is 5.41 Å². The zero-order chi connectivity index (χ0) is 10.6. The average molecular weight is 198 g/mol. The van der Waals surface area contributed by atoms with Crippen LogP contribution in [0.3, 0.4) is 0 Å². The molecule has 0 aromatic heterocycles. The van der Waals surface area contributed by atoms with Gasteiger partial charge in [0.25, 0.3) is 0 Å². The number of nitrogens with two attached hydrogens (primary N) is 1. The third kappa shape index (κ3) is 3.25. The van der Waals surface area contributed by atoms with Crippen LogP contribution < -0.4 is 5.73 Å². The van der Waals surface area contributed by atoms with Gasteiger partial charge in [-0.15, -0.1) is 0 Å². The van der Waals surface area contributed by atoms with E-state index in [-0.39, 0.29) is 0 Å². The standard InChI is InChI=1S/C12H26N2/c1-4-8-14(11-6-7-11)10-12(3,5-2)9-13/h11H,4-10,13H2,1-3H3. The first-order chi connectivity index (χ1) is 6.65. The molecule has 0 spiro atoms. The van der Waals surface area contributed by atoms with Crippen LogP contribution >= 0.6 is 0 Å². The molecule has 0 amide bonds. The minimum Gasteiger partial charge on any atom is -0.330 e. The Morgan fingerprint density at radius 2 is 2.00 bits per heavy atom. The Balaban J connectivity index is 2.43. The molecule has 1 fully saturated rings. The second-order valence-corrected chi connectivity index (χ2v) is 5.07. The molecule has 0 aromatic carbocycles. The van der Waals surface area contributed by atoms with Crippen molar-refractivity contribution in [3.63, 3.8) is 0 Å². The maximum atomic E-state index is 5.86. The lowest BCUT2D eigenvalue weighted by Crippen LogP contribution is -2.41. The molecular weight excluding hydrogens is 172 g/mol. The van der Waals surface area contributed by atoms with E-state index in [1.54, 1.807) is 0 Å². The molecule has 1 rings (SSSR count). The van der Waals surface area contributed by atoms with Gasteiger partial charge in [0.2, 0.25) is 0 Å². The first kappa shape index (κ1) is 12.0. The van der Waals surface area contributed by atoms with Gasteiger partial charge in [0.15, 0.2) is 0 Å². The summed E-state index contributed by atoms with van der Waals surface area (Å²) in [4.78, 5) is 2.65. The molecule has 2 N–H and O–H groups in total. The molecule has 0 heterocycles. The molecule has 1 saturated carbocycles. The molecule has 1 aliphatic rings. The van der Waals surface area contributed by atoms with Crippen LogP contribution in [0.5, 0.6) is 0 Å². The maximum absolute atomic E-state index is 5.86. The van der Waals surface area contributed by atoms with Gasteiger partial charge in [0, 0.05) is 12.6 Å². The van der Waals surface area contributed by atoms with Gasteiger partial charge in [-0.05, 0) is 44.2 Å². The molecular formula is C12H26N2. The fourth-order valence-corrected chi connectivity index (χ4v) is 1.93. The highest BCUT2D eigenvalue weighted by molar-refractivity contribution is 4.88. The van der Waals surface area contributed by atoms with E-state index in [4.69, 9.17) is 5.73 Å². The quantitative estimate of drug-likeness (QED) is 0.680. The SMILES string of the molecule is CCCN(CC(C)(CC)CN)C1CC1. The van der Waals surface area contributed by atoms with Crippen molar-refractivity contribution in [1.29, 1.82) is 0 Å². The van der Waals surface area contributed by atoms with Gasteiger partial charge in [-0.1, -0.05) is 20.8 Å². The lowest BCUT2D eigenvalue weighted by molar-refractivity contribution is 0.157. The van der Waals surface area contributed by atoms with E-state index < -0.39 is 0 Å². The largest absolute Gasteiger partial charge is 0.330 e. The van der Waals surface area contributed by atoms with E-state index in [2.05, 4.69) is 25.7 Å². The number of hydrogen-bond donors (Lipinski definition) is 1. The van der Waals surface area contributed by atoms with Crippen molar-refractivity contribution in [1.82, 2.24) is 4.90 Å². The fourth-order valence-electron chi connectivity index (χ4n) is 1.93. The molecule has 2 nitrogen and oxygen atoms in total. The van der Waals surface area contributed by atoms with Crippen LogP contribution in [0.25, 0.3) is 0 Å². The minimum absolute atomic E-state index is 0.331. The van der Waals surface area contributed by atoms with Crippen LogP contribution in [0.1, 0.15) is 46.5 Å². The molecule has 1 atom stereocenters. The van der Waals surface area contributed by atoms with Crippen molar-refractivity contribution in [2.24, 2.45) is 11.1 Å². The zero-order valence-corrected chi connectivity index (χ0v) is 10.1. The maximum Gasteiger partial charge on any atom is 0.00966 e. The number of nitrogens with zero attached hydrogens (tertiary/aromatic N) is 1. The van der Waals surface area contributed by atoms with Gasteiger partial charge >= 0.3 is 0 Å². The summed E-state index contributed by atoms with van der Waals surface area (Å²) in [5.41, 5.74) is 6.19. The molecule has 2 heteroatoms. The molecule has 14 heavy (non-hydrogen) atoms. The summed E-state index contributed by atoms with van der Waals surface area (Å²) in [5, 5.41) is 0. The predicted molar refractivity (Wildman–Crippen MR) is 62.3 cm³/mol. The Morgan fingerprint density at radius 1 is 1.36 bits per heavy atom. The predicted octanol–water partition coefficient (Wildman–Crippen LogP) is 2.24. The zero-order valence-electron chi connectivity index (χ0n) is 10.1. The first-order valence-electron chi connectivity index (χ1n) is 6.09. The highest BCUT2D eigenvalue weighted by atomic mass is 15.2. The molecule has 0 aromatic rings. The van der Waals surface area contributed by atoms with E-state index in [1.807, 2.05) is 0 Å². The van der Waals surface area contributed by atoms with Gasteiger partial charge < -0.3 is 5.73 Å². The van der Waals surface area contributed by atoms with Gasteiger partial charge in [0.05, 0.1) is 0 Å². The lowest BCUT2D eigenvalue weighted by Gasteiger charge is -2.34. The second-order valence-electron chi connectivity index (χ2n) is 5.07. The van der Waals surface area contributed by atoms with Crippen LogP contribution in [-0.2, 0) is 0 Å². The number of hydrogen-bond acceptors (Lipinski definition) is 2. The summed E-state index contributed by atoms with van der Waals surface area (Å²) in [6, 6.07) is 0.882. The molecule has 0 bridgehead atoms. The van der Waals surface area contributed by atoms with Crippen molar-refractivity contribution in [2.75, 3.05) is 19.6 Å². The van der Waals surface area contributed by atoms with Crippen molar-refractivity contribution < 1.29 is 0 Å². The van der Waals surface area contributed by atoms with Gasteiger partial charge in [-0.25, -0.2) is 0 Å². The highest BCUT2D eigenvalue weighted by Gasteiger charge is 2.32. The van der Waals surface area contributed by atoms with Crippen LogP contribution in [0, 0.1) is 5.41 Å². The third-order valence-corrected chi connectivity index (χ3v) is 3.51. The summed E-state index contributed by atoms with van der Waals surface area (Å²) in [6.45, 7) is 10.1. The monoisotopic (exact) mass is 198 g/mol. The Bertz CT molecular complexity index is 160. The van der Waals surface area contributed by atoms with Gasteiger partial charge in [-0.2, -0.15) is 0 Å². The van der Waals surface area contributed by atoms with Gasteiger partial charge in [-0.3, -0.25) is 4.90 Å². The smallest absolute Gasteiger partial charge is 0.00966 e. The molecule has 84 valence electrons. The molecule has 0 radical (unpaired) electrons. The molecule has 0 saturated heterocycles. The van der Waals surface area contributed by atoms with Crippen LogP contribution in [-0.4, -0.2) is 30.6 Å². The van der Waals surface area contributed by atoms with Crippen LogP contribution in [0.2, 0.25) is 0 Å². The Kier molecular flexibility index (Phi) is 4.39. The van der Waals surface area contributed by atoms with Crippen molar-refractivity contribution in [3.8, 4) is 0 Å². The summed E-state index contributed by atoms with van der Waals surface area (Å²) < 4.78 is 0. The summed E-state index contributed by atoms with van der Waals surface area (Å²) >= 11 is 0. The molecule has 1 unspecified atom stereocenters. The van der Waals surface area contributed by atoms with Crippen molar-refractivity contribution >= 4 is 0 Å². The Labute approximate surface area is 88.8 Å². The van der Waals surface area contributed by atoms with E-state index >= 15 is 0 Å². The Morgan fingerprint density at radius 3 is 2.36 bits per heavy atom. The minimum atomic E-state index is 0.331. The van der Waals surface area contributed by atoms with E-state index in [1.165, 1.54) is 38.8 Å². The average Bonchev–Trinajstić information content (AvgIpc) is 3.00. The number of rotatable bonds is 7. The topological polar surface area (TPSA) is 29.3 Å². The van der Waals surface area contributed by atoms with Gasteiger partial charge in [0.1, 0.15) is 0 Å². The molecule has 0 aliphatic heterocycles. The Hall–Kier alpha value is -0.0800. The first-order valence-corrected chi connectivity index (χ1v) is 6.09. The summed E-state index contributed by atoms with van der Waals surface area (Å²) in [5.74, 6) is 0.